The van der Waals surface area contributed by atoms with Crippen LogP contribution in [0.3, 0.4) is 0 Å². The van der Waals surface area contributed by atoms with E-state index in [2.05, 4.69) is 34.9 Å². The molecule has 0 heterocycles. The van der Waals surface area contributed by atoms with Gasteiger partial charge in [0.15, 0.2) is 5.84 Å². The lowest BCUT2D eigenvalue weighted by Crippen LogP contribution is -1.98. The van der Waals surface area contributed by atoms with Crippen LogP contribution < -0.4 is 0 Å². The summed E-state index contributed by atoms with van der Waals surface area (Å²) in [5.41, 5.74) is 1.05. The molecule has 0 aliphatic rings. The smallest absolute Gasteiger partial charge is 0.154 e. The van der Waals surface area contributed by atoms with Crippen molar-refractivity contribution in [1.82, 2.24) is 0 Å². The molecule has 0 atom stereocenters. The van der Waals surface area contributed by atoms with Gasteiger partial charge in [0, 0.05) is 12.1 Å². The number of fused-ring (bicyclic) bond motifs is 1. The molecular weight excluding hydrogens is 196 g/mol. The zero-order valence-electron chi connectivity index (χ0n) is 9.35. The maximum Gasteiger partial charge on any atom is 0.154 e. The summed E-state index contributed by atoms with van der Waals surface area (Å²) < 4.78 is 0. The lowest BCUT2D eigenvalue weighted by atomic mass is 10.0. The Kier molecular flexibility index (Phi) is 3.10. The average Bonchev–Trinajstić information content (AvgIpc) is 2.35. The van der Waals surface area contributed by atoms with E-state index in [1.54, 1.807) is 0 Å². The molecule has 0 bridgehead atoms. The van der Waals surface area contributed by atoms with Crippen molar-refractivity contribution >= 4 is 23.3 Å². The second kappa shape index (κ2) is 4.71. The zero-order valence-corrected chi connectivity index (χ0v) is 9.35. The van der Waals surface area contributed by atoms with Crippen LogP contribution >= 0.6 is 0 Å². The number of hydrogen-bond donors (Lipinski definition) is 0. The first-order chi connectivity index (χ1) is 7.86. The second-order valence-corrected chi connectivity index (χ2v) is 3.48. The summed E-state index contributed by atoms with van der Waals surface area (Å²) in [6.45, 7) is 6.30. The number of aliphatic imine (C=N–C) groups is 2. The van der Waals surface area contributed by atoms with Crippen molar-refractivity contribution < 1.29 is 0 Å². The molecule has 16 heavy (non-hydrogen) atoms. The van der Waals surface area contributed by atoms with Crippen LogP contribution in [-0.4, -0.2) is 19.1 Å². The number of amidine groups is 1. The van der Waals surface area contributed by atoms with Gasteiger partial charge in [-0.1, -0.05) is 42.5 Å². The Hall–Kier alpha value is -1.96. The number of benzene rings is 2. The van der Waals surface area contributed by atoms with Crippen LogP contribution in [0, 0.1) is 0 Å². The third-order valence-electron chi connectivity index (χ3n) is 2.49. The molecule has 0 unspecified atom stereocenters. The summed E-state index contributed by atoms with van der Waals surface area (Å²) in [5.74, 6) is 0.722. The van der Waals surface area contributed by atoms with E-state index in [-0.39, 0.29) is 0 Å². The maximum absolute atomic E-state index is 4.35. The summed E-state index contributed by atoms with van der Waals surface area (Å²) in [5, 5.41) is 2.37. The highest BCUT2D eigenvalue weighted by molar-refractivity contribution is 6.11. The van der Waals surface area contributed by atoms with E-state index < -0.39 is 0 Å². The van der Waals surface area contributed by atoms with E-state index in [4.69, 9.17) is 0 Å². The molecule has 2 aromatic carbocycles. The first-order valence-electron chi connectivity index (χ1n) is 5.36. The Morgan fingerprint density at radius 3 is 2.62 bits per heavy atom. The maximum atomic E-state index is 4.35. The van der Waals surface area contributed by atoms with Gasteiger partial charge >= 0.3 is 0 Å². The fourth-order valence-corrected chi connectivity index (χ4v) is 1.79. The highest BCUT2D eigenvalue weighted by Crippen LogP contribution is 2.19. The van der Waals surface area contributed by atoms with Crippen LogP contribution in [0.15, 0.2) is 52.4 Å². The monoisotopic (exact) mass is 210 g/mol. The van der Waals surface area contributed by atoms with Gasteiger partial charge in [0.1, 0.15) is 0 Å². The molecule has 0 spiro atoms. The van der Waals surface area contributed by atoms with E-state index in [1.807, 2.05) is 31.2 Å². The fourth-order valence-electron chi connectivity index (χ4n) is 1.79. The van der Waals surface area contributed by atoms with E-state index >= 15 is 0 Å². The van der Waals surface area contributed by atoms with Gasteiger partial charge in [-0.15, -0.1) is 0 Å². The zero-order chi connectivity index (χ0) is 11.4. The van der Waals surface area contributed by atoms with Crippen molar-refractivity contribution in [3.05, 3.63) is 48.0 Å². The minimum Gasteiger partial charge on any atom is -0.267 e. The predicted octanol–water partition coefficient (Wildman–Crippen LogP) is 3.31. The molecule has 0 aliphatic heterocycles. The van der Waals surface area contributed by atoms with Crippen LogP contribution in [0.4, 0.5) is 0 Å². The Morgan fingerprint density at radius 2 is 1.88 bits per heavy atom. The van der Waals surface area contributed by atoms with Gasteiger partial charge < -0.3 is 0 Å². The molecule has 0 aliphatic carbocycles. The third kappa shape index (κ3) is 1.87. The van der Waals surface area contributed by atoms with E-state index in [9.17, 15) is 0 Å². The standard InChI is InChI=1S/C14H14N2/c1-3-16-14(15-2)13-10-6-8-11-7-4-5-9-12(11)13/h4-10H,2-3H2,1H3. The molecule has 0 amide bonds. The van der Waals surface area contributed by atoms with Crippen molar-refractivity contribution in [2.45, 2.75) is 6.92 Å². The van der Waals surface area contributed by atoms with Crippen LogP contribution in [0.1, 0.15) is 12.5 Å². The molecule has 2 rings (SSSR count). The van der Waals surface area contributed by atoms with Crippen molar-refractivity contribution in [2.75, 3.05) is 6.54 Å². The van der Waals surface area contributed by atoms with Gasteiger partial charge in [-0.05, 0) is 24.4 Å². The molecule has 0 radical (unpaired) electrons. The van der Waals surface area contributed by atoms with Crippen LogP contribution in [0.2, 0.25) is 0 Å². The van der Waals surface area contributed by atoms with Gasteiger partial charge in [0.25, 0.3) is 0 Å². The molecular formula is C14H14N2. The highest BCUT2D eigenvalue weighted by atomic mass is 14.9. The molecule has 2 nitrogen and oxygen atoms in total. The molecule has 0 N–H and O–H groups in total. The van der Waals surface area contributed by atoms with Gasteiger partial charge in [-0.2, -0.15) is 0 Å². The summed E-state index contributed by atoms with van der Waals surface area (Å²) in [6, 6.07) is 14.4. The van der Waals surface area contributed by atoms with Gasteiger partial charge in [0.2, 0.25) is 0 Å². The summed E-state index contributed by atoms with van der Waals surface area (Å²) in [6.07, 6.45) is 0. The lowest BCUT2D eigenvalue weighted by Gasteiger charge is -2.05. The number of rotatable bonds is 2. The van der Waals surface area contributed by atoms with E-state index in [0.717, 1.165) is 17.9 Å². The Balaban J connectivity index is 2.68. The van der Waals surface area contributed by atoms with Gasteiger partial charge in [-0.25, -0.2) is 4.99 Å². The number of nitrogens with zero attached hydrogens (tertiary/aromatic N) is 2. The molecule has 0 aromatic heterocycles. The highest BCUT2D eigenvalue weighted by Gasteiger charge is 2.04. The topological polar surface area (TPSA) is 24.7 Å². The van der Waals surface area contributed by atoms with Crippen molar-refractivity contribution in [3.63, 3.8) is 0 Å². The van der Waals surface area contributed by atoms with Crippen molar-refractivity contribution in [2.24, 2.45) is 9.98 Å². The van der Waals surface area contributed by atoms with Crippen LogP contribution in [-0.2, 0) is 0 Å². The lowest BCUT2D eigenvalue weighted by molar-refractivity contribution is 1.12. The quantitative estimate of drug-likeness (QED) is 0.536. The Morgan fingerprint density at radius 1 is 1.12 bits per heavy atom. The minimum absolute atomic E-state index is 0.720. The summed E-state index contributed by atoms with van der Waals surface area (Å²) >= 11 is 0. The molecule has 0 saturated carbocycles. The molecule has 2 heteroatoms. The summed E-state index contributed by atoms with van der Waals surface area (Å²) in [7, 11) is 0. The van der Waals surface area contributed by atoms with Crippen LogP contribution in [0.5, 0.6) is 0 Å². The molecule has 2 aromatic rings. The average molecular weight is 210 g/mol. The normalized spacial score (nSPS) is 11.7. The van der Waals surface area contributed by atoms with Crippen LogP contribution in [0.25, 0.3) is 10.8 Å². The molecule has 0 fully saturated rings. The number of hydrogen-bond acceptors (Lipinski definition) is 1. The Labute approximate surface area is 95.4 Å². The second-order valence-electron chi connectivity index (χ2n) is 3.48. The first-order valence-corrected chi connectivity index (χ1v) is 5.36. The first kappa shape index (κ1) is 10.6. The van der Waals surface area contributed by atoms with Gasteiger partial charge in [0.05, 0.1) is 0 Å². The van der Waals surface area contributed by atoms with E-state index in [0.29, 0.717) is 0 Å². The molecule has 80 valence electrons. The van der Waals surface area contributed by atoms with Gasteiger partial charge in [-0.3, -0.25) is 4.99 Å². The predicted molar refractivity (Wildman–Crippen MR) is 70.6 cm³/mol. The Bertz CT molecular complexity index is 536. The summed E-state index contributed by atoms with van der Waals surface area (Å²) in [4.78, 5) is 8.35. The minimum atomic E-state index is 0.720. The van der Waals surface area contributed by atoms with E-state index in [1.165, 1.54) is 10.8 Å². The SMILES string of the molecule is C=NC(=NCC)c1cccc2ccccc12. The largest absolute Gasteiger partial charge is 0.267 e. The van der Waals surface area contributed by atoms with Crippen molar-refractivity contribution in [3.8, 4) is 0 Å². The fraction of sp³-hybridized carbons (Fsp3) is 0.143. The van der Waals surface area contributed by atoms with Crippen molar-refractivity contribution in [1.29, 1.82) is 0 Å². The third-order valence-corrected chi connectivity index (χ3v) is 2.49. The molecule has 0 saturated heterocycles.